The molecule has 2 aromatic rings. The summed E-state index contributed by atoms with van der Waals surface area (Å²) in [7, 11) is 0. The van der Waals surface area contributed by atoms with E-state index in [1.54, 1.807) is 6.92 Å². The van der Waals surface area contributed by atoms with E-state index in [4.69, 9.17) is 11.6 Å². The van der Waals surface area contributed by atoms with Crippen molar-refractivity contribution in [2.45, 2.75) is 19.8 Å². The SMILES string of the molecule is Cc1nc(N2CCCC2)ncc1C(=O)Nc1ccc(F)cc1Cl. The van der Waals surface area contributed by atoms with Crippen molar-refractivity contribution in [3.8, 4) is 0 Å². The number of halogens is 2. The van der Waals surface area contributed by atoms with Crippen molar-refractivity contribution in [1.82, 2.24) is 9.97 Å². The van der Waals surface area contributed by atoms with Gasteiger partial charge in [-0.25, -0.2) is 14.4 Å². The third kappa shape index (κ3) is 3.42. The maximum atomic E-state index is 13.0. The number of carbonyl (C=O) groups excluding carboxylic acids is 1. The van der Waals surface area contributed by atoms with Crippen LogP contribution in [-0.4, -0.2) is 29.0 Å². The van der Waals surface area contributed by atoms with E-state index >= 15 is 0 Å². The molecule has 0 saturated carbocycles. The minimum Gasteiger partial charge on any atom is -0.341 e. The summed E-state index contributed by atoms with van der Waals surface area (Å²) in [5.74, 6) is -0.178. The van der Waals surface area contributed by atoms with Crippen LogP contribution in [0.25, 0.3) is 0 Å². The summed E-state index contributed by atoms with van der Waals surface area (Å²) in [6.07, 6.45) is 3.78. The third-order valence-corrected chi connectivity index (χ3v) is 4.09. The first-order chi connectivity index (χ1) is 11.0. The van der Waals surface area contributed by atoms with Crippen LogP contribution < -0.4 is 10.2 Å². The number of hydrogen-bond acceptors (Lipinski definition) is 4. The van der Waals surface area contributed by atoms with Crippen molar-refractivity contribution in [3.05, 3.63) is 46.5 Å². The molecule has 1 amide bonds. The van der Waals surface area contributed by atoms with E-state index in [9.17, 15) is 9.18 Å². The van der Waals surface area contributed by atoms with Gasteiger partial charge in [-0.05, 0) is 38.0 Å². The van der Waals surface area contributed by atoms with Gasteiger partial charge in [0.25, 0.3) is 5.91 Å². The Morgan fingerprint density at radius 1 is 1.35 bits per heavy atom. The van der Waals surface area contributed by atoms with Gasteiger partial charge in [0.05, 0.1) is 22.0 Å². The highest BCUT2D eigenvalue weighted by Gasteiger charge is 2.18. The second-order valence-electron chi connectivity index (χ2n) is 5.44. The first kappa shape index (κ1) is 15.7. The zero-order chi connectivity index (χ0) is 16.4. The molecule has 1 aliphatic rings. The number of amides is 1. The van der Waals surface area contributed by atoms with Crippen LogP contribution in [0.4, 0.5) is 16.0 Å². The van der Waals surface area contributed by atoms with Crippen LogP contribution in [0.1, 0.15) is 28.9 Å². The van der Waals surface area contributed by atoms with Crippen molar-refractivity contribution in [3.63, 3.8) is 0 Å². The molecule has 0 radical (unpaired) electrons. The standard InChI is InChI=1S/C16H16ClFN4O/c1-10-12(9-19-16(20-10)22-6-2-3-7-22)15(23)21-14-5-4-11(18)8-13(14)17/h4-5,8-9H,2-3,6-7H2,1H3,(H,21,23). The fourth-order valence-corrected chi connectivity index (χ4v) is 2.74. The quantitative estimate of drug-likeness (QED) is 0.934. The van der Waals surface area contributed by atoms with Gasteiger partial charge in [-0.2, -0.15) is 0 Å². The monoisotopic (exact) mass is 334 g/mol. The van der Waals surface area contributed by atoms with Crippen molar-refractivity contribution < 1.29 is 9.18 Å². The molecule has 1 aromatic heterocycles. The van der Waals surface area contributed by atoms with Crippen LogP contribution in [0.5, 0.6) is 0 Å². The number of nitrogens with zero attached hydrogens (tertiary/aromatic N) is 3. The fourth-order valence-electron chi connectivity index (χ4n) is 2.53. The van der Waals surface area contributed by atoms with E-state index in [0.29, 0.717) is 22.9 Å². The lowest BCUT2D eigenvalue weighted by Crippen LogP contribution is -2.22. The first-order valence-electron chi connectivity index (χ1n) is 7.39. The number of anilines is 2. The molecule has 3 rings (SSSR count). The smallest absolute Gasteiger partial charge is 0.259 e. The van der Waals surface area contributed by atoms with E-state index in [-0.39, 0.29) is 10.9 Å². The number of aryl methyl sites for hydroxylation is 1. The molecular weight excluding hydrogens is 319 g/mol. The minimum atomic E-state index is -0.456. The zero-order valence-electron chi connectivity index (χ0n) is 12.6. The zero-order valence-corrected chi connectivity index (χ0v) is 13.4. The van der Waals surface area contributed by atoms with Gasteiger partial charge in [-0.1, -0.05) is 11.6 Å². The van der Waals surface area contributed by atoms with Gasteiger partial charge < -0.3 is 10.2 Å². The van der Waals surface area contributed by atoms with E-state index in [1.807, 2.05) is 0 Å². The lowest BCUT2D eigenvalue weighted by atomic mass is 10.2. The van der Waals surface area contributed by atoms with Crippen LogP contribution in [-0.2, 0) is 0 Å². The molecule has 7 heteroatoms. The van der Waals surface area contributed by atoms with Crippen LogP contribution >= 0.6 is 11.6 Å². The van der Waals surface area contributed by atoms with Crippen molar-refractivity contribution in [1.29, 1.82) is 0 Å². The van der Waals surface area contributed by atoms with Gasteiger partial charge in [-0.3, -0.25) is 4.79 Å². The lowest BCUT2D eigenvalue weighted by Gasteiger charge is -2.16. The molecule has 0 spiro atoms. The van der Waals surface area contributed by atoms with E-state index < -0.39 is 5.82 Å². The Bertz CT molecular complexity index is 747. The maximum Gasteiger partial charge on any atom is 0.259 e. The Balaban J connectivity index is 1.79. The number of nitrogens with one attached hydrogen (secondary N) is 1. The number of carbonyl (C=O) groups is 1. The van der Waals surface area contributed by atoms with E-state index in [0.717, 1.165) is 32.0 Å². The third-order valence-electron chi connectivity index (χ3n) is 3.78. The lowest BCUT2D eigenvalue weighted by molar-refractivity contribution is 0.102. The molecule has 2 heterocycles. The first-order valence-corrected chi connectivity index (χ1v) is 7.77. The average Bonchev–Trinajstić information content (AvgIpc) is 3.04. The normalized spacial score (nSPS) is 14.1. The highest BCUT2D eigenvalue weighted by molar-refractivity contribution is 6.33. The summed E-state index contributed by atoms with van der Waals surface area (Å²) in [6, 6.07) is 3.81. The average molecular weight is 335 g/mol. The van der Waals surface area contributed by atoms with Crippen molar-refractivity contribution in [2.75, 3.05) is 23.3 Å². The molecule has 23 heavy (non-hydrogen) atoms. The Kier molecular flexibility index (Phi) is 4.43. The molecule has 1 aliphatic heterocycles. The molecule has 5 nitrogen and oxygen atoms in total. The summed E-state index contributed by atoms with van der Waals surface area (Å²) in [4.78, 5) is 23.1. The molecule has 0 aliphatic carbocycles. The van der Waals surface area contributed by atoms with Gasteiger partial charge in [0, 0.05) is 19.3 Å². The Hall–Kier alpha value is -2.21. The summed E-state index contributed by atoms with van der Waals surface area (Å²) >= 11 is 5.92. The van der Waals surface area contributed by atoms with Crippen LogP contribution in [0.2, 0.25) is 5.02 Å². The topological polar surface area (TPSA) is 58.1 Å². The van der Waals surface area contributed by atoms with Crippen LogP contribution in [0.15, 0.2) is 24.4 Å². The number of rotatable bonds is 3. The second-order valence-corrected chi connectivity index (χ2v) is 5.85. The highest BCUT2D eigenvalue weighted by atomic mass is 35.5. The van der Waals surface area contributed by atoms with Gasteiger partial charge >= 0.3 is 0 Å². The fraction of sp³-hybridized carbons (Fsp3) is 0.312. The predicted octanol–water partition coefficient (Wildman–Crippen LogP) is 3.43. The van der Waals surface area contributed by atoms with Gasteiger partial charge in [-0.15, -0.1) is 0 Å². The molecule has 1 fully saturated rings. The number of benzene rings is 1. The molecule has 0 atom stereocenters. The molecule has 120 valence electrons. The Labute approximate surface area is 138 Å². The molecule has 1 aromatic carbocycles. The summed E-state index contributed by atoms with van der Waals surface area (Å²) in [6.45, 7) is 3.65. The highest BCUT2D eigenvalue weighted by Crippen LogP contribution is 2.23. The van der Waals surface area contributed by atoms with Gasteiger partial charge in [0.15, 0.2) is 0 Å². The van der Waals surface area contributed by atoms with Gasteiger partial charge in [0.1, 0.15) is 5.82 Å². The second kappa shape index (κ2) is 6.50. The summed E-state index contributed by atoms with van der Waals surface area (Å²) < 4.78 is 13.0. The molecular formula is C16H16ClFN4O. The van der Waals surface area contributed by atoms with Crippen LogP contribution in [0.3, 0.4) is 0 Å². The maximum absolute atomic E-state index is 13.0. The number of hydrogen-bond donors (Lipinski definition) is 1. The summed E-state index contributed by atoms with van der Waals surface area (Å²) in [5, 5.41) is 2.80. The number of aromatic nitrogens is 2. The molecule has 0 bridgehead atoms. The van der Waals surface area contributed by atoms with E-state index in [2.05, 4.69) is 20.2 Å². The molecule has 1 saturated heterocycles. The molecule has 0 unspecified atom stereocenters. The summed E-state index contributed by atoms with van der Waals surface area (Å²) in [5.41, 5.74) is 1.31. The van der Waals surface area contributed by atoms with Gasteiger partial charge in [0.2, 0.25) is 5.95 Å². The largest absolute Gasteiger partial charge is 0.341 e. The van der Waals surface area contributed by atoms with E-state index in [1.165, 1.54) is 18.3 Å². The van der Waals surface area contributed by atoms with Crippen molar-refractivity contribution in [2.24, 2.45) is 0 Å². The van der Waals surface area contributed by atoms with Crippen LogP contribution in [0, 0.1) is 12.7 Å². The Morgan fingerprint density at radius 2 is 2.09 bits per heavy atom. The minimum absolute atomic E-state index is 0.144. The predicted molar refractivity (Wildman–Crippen MR) is 87.6 cm³/mol. The Morgan fingerprint density at radius 3 is 2.74 bits per heavy atom. The van der Waals surface area contributed by atoms with Crippen molar-refractivity contribution >= 4 is 29.1 Å². The molecule has 1 N–H and O–H groups in total.